The van der Waals surface area contributed by atoms with Gasteiger partial charge in [-0.1, -0.05) is 14.0 Å². The maximum atomic E-state index is 12.7. The van der Waals surface area contributed by atoms with Gasteiger partial charge in [0.1, 0.15) is 35.8 Å². The third-order valence-corrected chi connectivity index (χ3v) is 8.08. The van der Waals surface area contributed by atoms with E-state index in [1.807, 2.05) is 0 Å². The highest BCUT2D eigenvalue weighted by atomic mass is 19.4. The van der Waals surface area contributed by atoms with Gasteiger partial charge in [-0.2, -0.15) is 52.7 Å². The van der Waals surface area contributed by atoms with E-state index in [-0.39, 0.29) is 58.0 Å². The van der Waals surface area contributed by atoms with Crippen molar-refractivity contribution in [2.45, 2.75) is 147 Å². The number of amides is 3. The zero-order chi connectivity index (χ0) is 51.6. The van der Waals surface area contributed by atoms with Gasteiger partial charge >= 0.3 is 30.8 Å². The first-order chi connectivity index (χ1) is 29.1. The molecule has 2 atom stereocenters. The van der Waals surface area contributed by atoms with Crippen LogP contribution in [0, 0.1) is 0 Å². The number of halogens is 12. The second-order valence-electron chi connectivity index (χ2n) is 15.6. The molecule has 0 rings (SSSR count). The van der Waals surface area contributed by atoms with Crippen LogP contribution in [0.15, 0.2) is 17.4 Å². The molecule has 0 aromatic heterocycles. The Kier molecular flexibility index (Phi) is 27.1. The summed E-state index contributed by atoms with van der Waals surface area (Å²) in [5.41, 5.74) is 6.66. The van der Waals surface area contributed by atoms with Crippen molar-refractivity contribution in [1.29, 1.82) is 0 Å². The van der Waals surface area contributed by atoms with Gasteiger partial charge in [0.05, 0.1) is 12.1 Å². The van der Waals surface area contributed by atoms with E-state index in [2.05, 4.69) is 42.3 Å². The average Bonchev–Trinajstić information content (AvgIpc) is 3.10. The number of nitrogens with two attached hydrogens (primary N) is 2. The number of rotatable bonds is 24. The molecule has 388 valence electrons. The van der Waals surface area contributed by atoms with Crippen molar-refractivity contribution in [1.82, 2.24) is 21.3 Å². The number of Topliss-reactive ketones (excluding diaryl/α,β-unsaturated/α-hetero) is 2. The second-order valence-corrected chi connectivity index (χ2v) is 15.6. The molecule has 0 saturated heterocycles. The van der Waals surface area contributed by atoms with Crippen molar-refractivity contribution in [3.8, 4) is 0 Å². The van der Waals surface area contributed by atoms with Gasteiger partial charge in [0.15, 0.2) is 17.5 Å². The first-order valence-electron chi connectivity index (χ1n) is 18.9. The summed E-state index contributed by atoms with van der Waals surface area (Å²) in [4.78, 5) is 64.5. The van der Waals surface area contributed by atoms with E-state index in [1.165, 1.54) is 41.9 Å². The molecular formula is C37H61F12N7O10. The molecule has 0 heterocycles. The number of nitrogens with zero attached hydrogens (tertiary/aromatic N) is 1. The van der Waals surface area contributed by atoms with Gasteiger partial charge in [0.2, 0.25) is 12.2 Å². The lowest BCUT2D eigenvalue weighted by Crippen LogP contribution is -2.52. The molecule has 0 saturated carbocycles. The lowest BCUT2D eigenvalue weighted by molar-refractivity contribution is -0.320. The number of ketones is 2. The third kappa shape index (κ3) is 27.1. The van der Waals surface area contributed by atoms with Crippen LogP contribution in [0.4, 0.5) is 57.5 Å². The number of hydrogen-bond acceptors (Lipinski definition) is 12. The van der Waals surface area contributed by atoms with Gasteiger partial charge in [0.25, 0.3) is 11.8 Å². The summed E-state index contributed by atoms with van der Waals surface area (Å²) < 4.78 is 174. The molecule has 0 spiro atoms. The molecular weight excluding hydrogens is 930 g/mol. The molecule has 8 N–H and O–H groups in total. The number of nitrogens with one attached hydrogen (secondary N) is 4. The van der Waals surface area contributed by atoms with Crippen molar-refractivity contribution >= 4 is 35.4 Å². The van der Waals surface area contributed by atoms with Gasteiger partial charge < -0.3 is 51.1 Å². The van der Waals surface area contributed by atoms with Gasteiger partial charge in [-0.25, -0.2) is 4.79 Å². The molecule has 0 aliphatic carbocycles. The maximum Gasteiger partial charge on any atom is 0.423 e. The predicted octanol–water partition coefficient (Wildman–Crippen LogP) is 5.01. The fourth-order valence-electron chi connectivity index (χ4n) is 4.28. The molecule has 0 unspecified atom stereocenters. The van der Waals surface area contributed by atoms with Crippen LogP contribution in [0.3, 0.4) is 0 Å². The van der Waals surface area contributed by atoms with Gasteiger partial charge in [-0.3, -0.25) is 29.5 Å². The van der Waals surface area contributed by atoms with E-state index in [4.69, 9.17) is 25.7 Å². The molecule has 0 aliphatic heterocycles. The molecule has 17 nitrogen and oxygen atoms in total. The van der Waals surface area contributed by atoms with Crippen LogP contribution in [0.1, 0.15) is 81.6 Å². The molecule has 0 aromatic rings. The zero-order valence-corrected chi connectivity index (χ0v) is 36.9. The van der Waals surface area contributed by atoms with E-state index in [9.17, 15) is 76.7 Å². The Bertz CT molecular complexity index is 1570. The summed E-state index contributed by atoms with van der Waals surface area (Å²) in [6.45, 7) is 10.9. The Balaban J connectivity index is -0.00000121. The van der Waals surface area contributed by atoms with Gasteiger partial charge in [-0.05, 0) is 74.1 Å². The Hall–Kier alpha value is -4.64. The Labute approximate surface area is 373 Å². The van der Waals surface area contributed by atoms with Crippen molar-refractivity contribution in [2.75, 3.05) is 40.5 Å². The minimum Gasteiger partial charge on any atom is -0.444 e. The zero-order valence-electron chi connectivity index (χ0n) is 36.9. The van der Waals surface area contributed by atoms with E-state index in [0.717, 1.165) is 0 Å². The average molecular weight is 992 g/mol. The van der Waals surface area contributed by atoms with Crippen LogP contribution in [-0.2, 0) is 42.9 Å². The molecule has 0 aromatic carbocycles. The first-order valence-corrected chi connectivity index (χ1v) is 18.9. The normalized spacial score (nSPS) is 13.6. The summed E-state index contributed by atoms with van der Waals surface area (Å²) in [5.74, 6) is -4.23. The Morgan fingerprint density at radius 1 is 0.621 bits per heavy atom. The maximum absolute atomic E-state index is 12.7. The third-order valence-electron chi connectivity index (χ3n) is 8.08. The summed E-state index contributed by atoms with van der Waals surface area (Å²) in [7, 11) is 2.40. The van der Waals surface area contributed by atoms with Crippen LogP contribution in [0.25, 0.3) is 0 Å². The van der Waals surface area contributed by atoms with Crippen LogP contribution in [-0.4, -0.2) is 142 Å². The summed E-state index contributed by atoms with van der Waals surface area (Å²) in [5, 5.41) is 9.50. The van der Waals surface area contributed by atoms with E-state index in [1.54, 1.807) is 20.8 Å². The highest BCUT2D eigenvalue weighted by Crippen LogP contribution is 2.36. The molecule has 29 heteroatoms. The first kappa shape index (κ1) is 65.6. The van der Waals surface area contributed by atoms with Crippen LogP contribution in [0.5, 0.6) is 0 Å². The summed E-state index contributed by atoms with van der Waals surface area (Å²) >= 11 is 0. The molecule has 0 fully saturated rings. The van der Waals surface area contributed by atoms with Gasteiger partial charge in [0, 0.05) is 27.3 Å². The Morgan fingerprint density at radius 2 is 0.970 bits per heavy atom. The van der Waals surface area contributed by atoms with Crippen molar-refractivity contribution in [2.24, 2.45) is 16.5 Å². The highest BCUT2D eigenvalue weighted by Gasteiger charge is 2.59. The molecule has 0 radical (unpaired) electrons. The molecule has 3 amide bonds. The van der Waals surface area contributed by atoms with E-state index < -0.39 is 108 Å². The molecule has 0 bridgehead atoms. The van der Waals surface area contributed by atoms with Crippen molar-refractivity contribution < 1.29 is 100 Å². The number of guanidine groups is 1. The fourth-order valence-corrected chi connectivity index (χ4v) is 4.28. The van der Waals surface area contributed by atoms with E-state index in [0.29, 0.717) is 0 Å². The number of alkyl carbamates (subject to hydrolysis) is 1. The predicted molar refractivity (Wildman–Crippen MR) is 212 cm³/mol. The van der Waals surface area contributed by atoms with Crippen molar-refractivity contribution in [3.05, 3.63) is 12.4 Å². The summed E-state index contributed by atoms with van der Waals surface area (Å²) in [6, 6.07) is -2.92. The summed E-state index contributed by atoms with van der Waals surface area (Å²) in [6.07, 6.45) is -32.4. The standard InChI is InChI=1S/C21H33F6N3O6.C15H24F6N4O4.CH4/c1-12(29-17(33)36-18(2,3)4)28-10-8-9-13(30-16(32)19(5,6)34-7)14(31)11-35-15(20(22,23)24)21(25,26)27;1-13(2,28-3)11(27)25-8(5-4-6-24-12(22)23)9(26)7-29-10(14(16,17)18)15(19,20)21;/h13,15,28H,1,8-11H2,2-7H3,(H,29,33)(H,30,32);8,10H,4-7H2,1-3H3,(H,25,27)(H4,22,23,24);1H4/t13-;8-;/m00./s1. The highest BCUT2D eigenvalue weighted by molar-refractivity contribution is 5.93. The number of alkyl halides is 12. The second kappa shape index (κ2) is 27.2. The number of hydrogen-bond donors (Lipinski definition) is 6. The lowest BCUT2D eigenvalue weighted by atomic mass is 10.0. The number of aliphatic imine (C=N–C) groups is 1. The monoisotopic (exact) mass is 991 g/mol. The lowest BCUT2D eigenvalue weighted by Gasteiger charge is -2.27. The SMILES string of the molecule is C.C=C(NCCC[C@H](NC(=O)C(C)(C)OC)C(=O)COC(C(F)(F)F)C(F)(F)F)NC(=O)OC(C)(C)C.COC(C)(C)C(=O)N[C@@H](CCCN=C(N)N)C(=O)COC(C(F)(F)F)C(F)(F)F. The van der Waals surface area contributed by atoms with Crippen molar-refractivity contribution in [3.63, 3.8) is 0 Å². The van der Waals surface area contributed by atoms with E-state index >= 15 is 0 Å². The molecule has 0 aliphatic rings. The molecule has 66 heavy (non-hydrogen) atoms. The fraction of sp³-hybridized carbons (Fsp3) is 0.784. The van der Waals surface area contributed by atoms with Crippen LogP contribution >= 0.6 is 0 Å². The van der Waals surface area contributed by atoms with Gasteiger partial charge in [-0.15, -0.1) is 0 Å². The number of ether oxygens (including phenoxy) is 5. The largest absolute Gasteiger partial charge is 0.444 e. The quantitative estimate of drug-likeness (QED) is 0.0323. The van der Waals surface area contributed by atoms with Crippen LogP contribution < -0.4 is 32.7 Å². The minimum atomic E-state index is -5.79. The minimum absolute atomic E-state index is 0. The Morgan fingerprint density at radius 3 is 1.27 bits per heavy atom. The number of carbonyl (C=O) groups excluding carboxylic acids is 5. The number of carbonyl (C=O) groups is 5. The smallest absolute Gasteiger partial charge is 0.423 e. The number of methoxy groups -OCH3 is 2. The van der Waals surface area contributed by atoms with Crippen LogP contribution in [0.2, 0.25) is 0 Å². The topological polar surface area (TPSA) is 244 Å².